The third kappa shape index (κ3) is 6.65. The molecule has 0 aliphatic carbocycles. The van der Waals surface area contributed by atoms with Gasteiger partial charge in [-0.15, -0.1) is 0 Å². The maximum Gasteiger partial charge on any atom is 0.336 e. The molecule has 208 valence electrons. The van der Waals surface area contributed by atoms with Gasteiger partial charge in [-0.1, -0.05) is 36.4 Å². The standard InChI is InChI=1S/C31H31FNO6P/c1-4-37-20-40(36,39-5-2)17-9-16-38-28-18-23(12-14-25(28)22-10-7-6-8-11-22)30-21(3)29(31(34)35)26-19-24(32)13-15-27(26)33-30/h6-15,17-19H,4-5,16,20H2,1-3H3,(H,34,35). The lowest BCUT2D eigenvalue weighted by Gasteiger charge is -2.16. The minimum atomic E-state index is -3.11. The number of halogens is 1. The van der Waals surface area contributed by atoms with E-state index >= 15 is 0 Å². The fourth-order valence-electron chi connectivity index (χ4n) is 4.43. The van der Waals surface area contributed by atoms with Crippen LogP contribution >= 0.6 is 7.37 Å². The molecule has 0 saturated carbocycles. The lowest BCUT2D eigenvalue weighted by atomic mass is 9.95. The Balaban J connectivity index is 1.75. The van der Waals surface area contributed by atoms with Gasteiger partial charge >= 0.3 is 5.97 Å². The highest BCUT2D eigenvalue weighted by atomic mass is 31.2. The van der Waals surface area contributed by atoms with Crippen LogP contribution in [0.2, 0.25) is 0 Å². The molecule has 0 radical (unpaired) electrons. The topological polar surface area (TPSA) is 95.0 Å². The van der Waals surface area contributed by atoms with Crippen LogP contribution in [0.4, 0.5) is 4.39 Å². The van der Waals surface area contributed by atoms with E-state index in [4.69, 9.17) is 14.0 Å². The molecule has 1 unspecified atom stereocenters. The Hall–Kier alpha value is -3.84. The summed E-state index contributed by atoms with van der Waals surface area (Å²) in [6, 6.07) is 19.1. The van der Waals surface area contributed by atoms with E-state index in [1.165, 1.54) is 24.0 Å². The van der Waals surface area contributed by atoms with Gasteiger partial charge in [0.15, 0.2) is 0 Å². The van der Waals surface area contributed by atoms with Crippen molar-refractivity contribution in [1.82, 2.24) is 4.98 Å². The van der Waals surface area contributed by atoms with Crippen molar-refractivity contribution in [1.29, 1.82) is 0 Å². The molecule has 9 heteroatoms. The fourth-order valence-corrected chi connectivity index (χ4v) is 5.96. The van der Waals surface area contributed by atoms with Crippen molar-refractivity contribution in [3.05, 3.63) is 95.6 Å². The second kappa shape index (κ2) is 13.0. The first-order valence-corrected chi connectivity index (χ1v) is 14.8. The molecule has 0 saturated heterocycles. The minimum Gasteiger partial charge on any atom is -0.489 e. The monoisotopic (exact) mass is 563 g/mol. The van der Waals surface area contributed by atoms with Crippen LogP contribution in [0.5, 0.6) is 5.75 Å². The zero-order valence-electron chi connectivity index (χ0n) is 22.6. The number of nitrogens with zero attached hydrogens (tertiary/aromatic N) is 1. The van der Waals surface area contributed by atoms with Crippen LogP contribution in [0, 0.1) is 12.7 Å². The molecule has 40 heavy (non-hydrogen) atoms. The molecule has 0 fully saturated rings. The van der Waals surface area contributed by atoms with Gasteiger partial charge in [-0.3, -0.25) is 4.57 Å². The Morgan fingerprint density at radius 3 is 2.50 bits per heavy atom. The molecule has 0 spiro atoms. The van der Waals surface area contributed by atoms with Crippen molar-refractivity contribution in [3.8, 4) is 28.1 Å². The van der Waals surface area contributed by atoms with Gasteiger partial charge in [-0.25, -0.2) is 14.2 Å². The van der Waals surface area contributed by atoms with Crippen molar-refractivity contribution < 1.29 is 32.9 Å². The number of hydrogen-bond donors (Lipinski definition) is 1. The van der Waals surface area contributed by atoms with Crippen LogP contribution in [0.1, 0.15) is 29.8 Å². The predicted octanol–water partition coefficient (Wildman–Crippen LogP) is 7.92. The Morgan fingerprint density at radius 2 is 1.80 bits per heavy atom. The summed E-state index contributed by atoms with van der Waals surface area (Å²) in [6.45, 7) is 6.08. The first-order chi connectivity index (χ1) is 19.3. The number of aromatic nitrogens is 1. The van der Waals surface area contributed by atoms with E-state index in [1.54, 1.807) is 26.0 Å². The summed E-state index contributed by atoms with van der Waals surface area (Å²) >= 11 is 0. The smallest absolute Gasteiger partial charge is 0.336 e. The Bertz CT molecular complexity index is 1590. The number of carboxylic acids is 1. The molecule has 1 atom stereocenters. The molecule has 4 aromatic rings. The van der Waals surface area contributed by atoms with Gasteiger partial charge in [0.1, 0.15) is 24.5 Å². The lowest BCUT2D eigenvalue weighted by Crippen LogP contribution is -2.05. The van der Waals surface area contributed by atoms with Gasteiger partial charge in [0.25, 0.3) is 0 Å². The maximum atomic E-state index is 13.9. The number of rotatable bonds is 12. The van der Waals surface area contributed by atoms with Crippen molar-refractivity contribution >= 4 is 24.2 Å². The van der Waals surface area contributed by atoms with Crippen LogP contribution in [0.3, 0.4) is 0 Å². The summed E-state index contributed by atoms with van der Waals surface area (Å²) in [7, 11) is -3.11. The van der Waals surface area contributed by atoms with Gasteiger partial charge in [0.2, 0.25) is 7.37 Å². The number of hydrogen-bond acceptors (Lipinski definition) is 6. The van der Waals surface area contributed by atoms with Gasteiger partial charge in [-0.05, 0) is 68.3 Å². The number of ether oxygens (including phenoxy) is 2. The van der Waals surface area contributed by atoms with Crippen LogP contribution < -0.4 is 4.74 Å². The summed E-state index contributed by atoms with van der Waals surface area (Å²) in [4.78, 5) is 16.9. The zero-order valence-corrected chi connectivity index (χ0v) is 23.5. The number of fused-ring (bicyclic) bond motifs is 1. The van der Waals surface area contributed by atoms with E-state index in [-0.39, 0.29) is 23.9 Å². The predicted molar refractivity (Wildman–Crippen MR) is 155 cm³/mol. The molecular formula is C31H31FNO6P. The quantitative estimate of drug-likeness (QED) is 0.175. The van der Waals surface area contributed by atoms with E-state index in [0.717, 1.165) is 11.1 Å². The lowest BCUT2D eigenvalue weighted by molar-refractivity contribution is 0.0698. The van der Waals surface area contributed by atoms with Crippen LogP contribution in [0.25, 0.3) is 33.3 Å². The van der Waals surface area contributed by atoms with Crippen LogP contribution in [-0.2, 0) is 13.8 Å². The largest absolute Gasteiger partial charge is 0.489 e. The van der Waals surface area contributed by atoms with Crippen molar-refractivity contribution in [2.75, 3.05) is 26.2 Å². The summed E-state index contributed by atoms with van der Waals surface area (Å²) in [5.41, 5.74) is 3.62. The highest BCUT2D eigenvalue weighted by Gasteiger charge is 2.21. The number of benzene rings is 3. The summed E-state index contributed by atoms with van der Waals surface area (Å²) in [6.07, 6.45) is 1.63. The molecule has 1 aromatic heterocycles. The van der Waals surface area contributed by atoms with Crippen molar-refractivity contribution in [3.63, 3.8) is 0 Å². The Kier molecular flexibility index (Phi) is 9.48. The molecule has 0 aliphatic heterocycles. The maximum absolute atomic E-state index is 13.9. The normalized spacial score (nSPS) is 13.0. The average molecular weight is 564 g/mol. The Labute approximate surface area is 232 Å². The van der Waals surface area contributed by atoms with Crippen molar-refractivity contribution in [2.24, 2.45) is 0 Å². The van der Waals surface area contributed by atoms with E-state index in [0.29, 0.717) is 41.3 Å². The average Bonchev–Trinajstić information content (AvgIpc) is 2.94. The number of pyridine rings is 1. The second-order valence-corrected chi connectivity index (χ2v) is 11.2. The molecular weight excluding hydrogens is 532 g/mol. The summed E-state index contributed by atoms with van der Waals surface area (Å²) in [5.74, 6) is 0.340. The van der Waals surface area contributed by atoms with Crippen LogP contribution in [-0.4, -0.2) is 42.2 Å². The first-order valence-electron chi connectivity index (χ1n) is 12.9. The fraction of sp³-hybridized carbons (Fsp3) is 0.226. The molecule has 7 nitrogen and oxygen atoms in total. The number of carbonyl (C=O) groups is 1. The third-order valence-corrected chi connectivity index (χ3v) is 8.14. The Morgan fingerprint density at radius 1 is 1.02 bits per heavy atom. The van der Waals surface area contributed by atoms with E-state index in [9.17, 15) is 18.9 Å². The van der Waals surface area contributed by atoms with Gasteiger partial charge in [0, 0.05) is 28.9 Å². The second-order valence-electron chi connectivity index (χ2n) is 8.97. The highest BCUT2D eigenvalue weighted by molar-refractivity contribution is 7.62. The molecule has 4 rings (SSSR count). The third-order valence-electron chi connectivity index (χ3n) is 6.23. The summed E-state index contributed by atoms with van der Waals surface area (Å²) in [5, 5.41) is 10.2. The van der Waals surface area contributed by atoms with Gasteiger partial charge in [-0.2, -0.15) is 0 Å². The van der Waals surface area contributed by atoms with E-state index < -0.39 is 19.2 Å². The SMILES string of the molecule is CCOCP(=O)(C=CCOc1cc(-c2nc3ccc(F)cc3c(C(=O)O)c2C)ccc1-c1ccccc1)OCC. The summed E-state index contributed by atoms with van der Waals surface area (Å²) < 4.78 is 43.9. The van der Waals surface area contributed by atoms with E-state index in [2.05, 4.69) is 4.98 Å². The molecule has 1 heterocycles. The van der Waals surface area contributed by atoms with Gasteiger partial charge < -0.3 is 19.1 Å². The van der Waals surface area contributed by atoms with Crippen LogP contribution in [0.15, 0.2) is 78.6 Å². The first kappa shape index (κ1) is 29.2. The zero-order chi connectivity index (χ0) is 28.7. The molecule has 0 amide bonds. The number of carboxylic acid groups (broad SMARTS) is 1. The highest BCUT2D eigenvalue weighted by Crippen LogP contribution is 2.48. The van der Waals surface area contributed by atoms with E-state index in [1.807, 2.05) is 49.4 Å². The molecule has 3 aromatic carbocycles. The molecule has 1 N–H and O–H groups in total. The van der Waals surface area contributed by atoms with Gasteiger partial charge in [0.05, 0.1) is 23.4 Å². The minimum absolute atomic E-state index is 0.00184. The molecule has 0 aliphatic rings. The number of aromatic carboxylic acids is 1. The molecule has 0 bridgehead atoms. The van der Waals surface area contributed by atoms with Crippen molar-refractivity contribution in [2.45, 2.75) is 20.8 Å².